The van der Waals surface area contributed by atoms with E-state index in [4.69, 9.17) is 5.84 Å². The van der Waals surface area contributed by atoms with Gasteiger partial charge >= 0.3 is 0 Å². The molecule has 19 heavy (non-hydrogen) atoms. The molecule has 0 aliphatic heterocycles. The summed E-state index contributed by atoms with van der Waals surface area (Å²) in [5, 5.41) is 0. The third-order valence-electron chi connectivity index (χ3n) is 2.84. The van der Waals surface area contributed by atoms with E-state index in [9.17, 15) is 0 Å². The second-order valence-electron chi connectivity index (χ2n) is 4.43. The first kappa shape index (κ1) is 13.5. The molecule has 102 valence electrons. The molecule has 0 atom stereocenters. The number of rotatable bonds is 6. The molecule has 0 aromatic carbocycles. The third kappa shape index (κ3) is 3.08. The van der Waals surface area contributed by atoms with Gasteiger partial charge in [-0.3, -0.25) is 0 Å². The molecular formula is C13H20N6. The van der Waals surface area contributed by atoms with E-state index in [0.717, 1.165) is 37.2 Å². The van der Waals surface area contributed by atoms with Crippen LogP contribution < -0.4 is 11.3 Å². The third-order valence-corrected chi connectivity index (χ3v) is 2.84. The largest absolute Gasteiger partial charge is 0.328 e. The fraction of sp³-hybridized carbons (Fsp3) is 0.462. The van der Waals surface area contributed by atoms with Crippen LogP contribution in [0.4, 0.5) is 5.82 Å². The molecule has 0 spiro atoms. The lowest BCUT2D eigenvalue weighted by Gasteiger charge is -2.09. The average Bonchev–Trinajstić information content (AvgIpc) is 2.87. The Labute approximate surface area is 113 Å². The van der Waals surface area contributed by atoms with Crippen molar-refractivity contribution < 1.29 is 0 Å². The first-order valence-electron chi connectivity index (χ1n) is 6.63. The monoisotopic (exact) mass is 260 g/mol. The molecule has 6 heteroatoms. The number of hydrazine groups is 1. The zero-order valence-electron chi connectivity index (χ0n) is 11.4. The van der Waals surface area contributed by atoms with Gasteiger partial charge in [0.1, 0.15) is 11.5 Å². The summed E-state index contributed by atoms with van der Waals surface area (Å²) in [7, 11) is 0. The lowest BCUT2D eigenvalue weighted by atomic mass is 10.2. The van der Waals surface area contributed by atoms with Crippen LogP contribution in [-0.4, -0.2) is 19.5 Å². The van der Waals surface area contributed by atoms with Gasteiger partial charge in [0.25, 0.3) is 0 Å². The maximum atomic E-state index is 5.47. The number of anilines is 1. The van der Waals surface area contributed by atoms with Crippen molar-refractivity contribution in [1.82, 2.24) is 19.5 Å². The Kier molecular flexibility index (Phi) is 4.46. The summed E-state index contributed by atoms with van der Waals surface area (Å²) in [5.74, 6) is 6.78. The summed E-state index contributed by atoms with van der Waals surface area (Å²) >= 11 is 0. The first-order chi connectivity index (χ1) is 9.28. The van der Waals surface area contributed by atoms with E-state index >= 15 is 0 Å². The van der Waals surface area contributed by atoms with E-state index in [1.165, 1.54) is 0 Å². The molecule has 2 aromatic rings. The van der Waals surface area contributed by atoms with Gasteiger partial charge in [0.2, 0.25) is 0 Å². The number of imidazole rings is 1. The van der Waals surface area contributed by atoms with Crippen molar-refractivity contribution in [3.05, 3.63) is 24.3 Å². The average molecular weight is 260 g/mol. The molecular weight excluding hydrogens is 240 g/mol. The van der Waals surface area contributed by atoms with Gasteiger partial charge < -0.3 is 9.99 Å². The van der Waals surface area contributed by atoms with Crippen LogP contribution in [-0.2, 0) is 13.0 Å². The summed E-state index contributed by atoms with van der Waals surface area (Å²) in [6.07, 6.45) is 6.59. The lowest BCUT2D eigenvalue weighted by molar-refractivity contribution is 0.680. The summed E-state index contributed by atoms with van der Waals surface area (Å²) in [6, 6.07) is 1.88. The second-order valence-corrected chi connectivity index (χ2v) is 4.43. The van der Waals surface area contributed by atoms with Crippen molar-refractivity contribution >= 4 is 5.82 Å². The van der Waals surface area contributed by atoms with Gasteiger partial charge in [-0.05, 0) is 12.8 Å². The van der Waals surface area contributed by atoms with Gasteiger partial charge in [0.15, 0.2) is 5.82 Å². The van der Waals surface area contributed by atoms with Crippen LogP contribution in [0.25, 0.3) is 11.5 Å². The zero-order chi connectivity index (χ0) is 13.7. The van der Waals surface area contributed by atoms with Crippen LogP contribution in [0.1, 0.15) is 32.4 Å². The number of nitrogens with one attached hydrogen (secondary N) is 1. The van der Waals surface area contributed by atoms with Crippen LogP contribution >= 0.6 is 0 Å². The van der Waals surface area contributed by atoms with E-state index < -0.39 is 0 Å². The summed E-state index contributed by atoms with van der Waals surface area (Å²) < 4.78 is 2.06. The molecule has 3 N–H and O–H groups in total. The van der Waals surface area contributed by atoms with Gasteiger partial charge in [0, 0.05) is 18.3 Å². The van der Waals surface area contributed by atoms with Crippen molar-refractivity contribution in [3.8, 4) is 11.5 Å². The van der Waals surface area contributed by atoms with Gasteiger partial charge in [0.05, 0.1) is 12.5 Å². The number of hydrogen-bond donors (Lipinski definition) is 2. The van der Waals surface area contributed by atoms with E-state index in [2.05, 4.69) is 38.8 Å². The molecule has 0 aliphatic rings. The highest BCUT2D eigenvalue weighted by atomic mass is 15.3. The zero-order valence-corrected chi connectivity index (χ0v) is 11.4. The predicted octanol–water partition coefficient (Wildman–Crippen LogP) is 1.99. The maximum Gasteiger partial charge on any atom is 0.180 e. The SMILES string of the molecule is CCCc1cc(NN)nc(-c2cncn2CCC)n1. The number of aryl methyl sites for hydroxylation is 2. The Balaban J connectivity index is 2.42. The molecule has 6 nitrogen and oxygen atoms in total. The number of nitrogens with two attached hydrogens (primary N) is 1. The Morgan fingerprint density at radius 2 is 2.11 bits per heavy atom. The molecule has 0 saturated heterocycles. The molecule has 2 heterocycles. The minimum Gasteiger partial charge on any atom is -0.328 e. The summed E-state index contributed by atoms with van der Waals surface area (Å²) in [6.45, 7) is 5.16. The van der Waals surface area contributed by atoms with Crippen LogP contribution in [0.5, 0.6) is 0 Å². The highest BCUT2D eigenvalue weighted by Crippen LogP contribution is 2.18. The molecule has 0 fully saturated rings. The first-order valence-corrected chi connectivity index (χ1v) is 6.63. The maximum absolute atomic E-state index is 5.47. The minimum absolute atomic E-state index is 0.637. The van der Waals surface area contributed by atoms with Gasteiger partial charge in [-0.25, -0.2) is 20.8 Å². The molecule has 0 bridgehead atoms. The fourth-order valence-corrected chi connectivity index (χ4v) is 2.00. The quantitative estimate of drug-likeness (QED) is 0.613. The van der Waals surface area contributed by atoms with Gasteiger partial charge in [-0.15, -0.1) is 0 Å². The van der Waals surface area contributed by atoms with E-state index in [-0.39, 0.29) is 0 Å². The van der Waals surface area contributed by atoms with Crippen LogP contribution in [0.2, 0.25) is 0 Å². The van der Waals surface area contributed by atoms with Crippen molar-refractivity contribution in [1.29, 1.82) is 0 Å². The number of nitrogen functional groups attached to an aromatic ring is 1. The minimum atomic E-state index is 0.637. The molecule has 0 aliphatic carbocycles. The number of hydrogen-bond acceptors (Lipinski definition) is 5. The van der Waals surface area contributed by atoms with Gasteiger partial charge in [-0.1, -0.05) is 20.3 Å². The Morgan fingerprint density at radius 1 is 1.26 bits per heavy atom. The number of aromatic nitrogens is 4. The van der Waals surface area contributed by atoms with Crippen molar-refractivity contribution in [2.24, 2.45) is 5.84 Å². The fourth-order valence-electron chi connectivity index (χ4n) is 2.00. The Morgan fingerprint density at radius 3 is 2.79 bits per heavy atom. The molecule has 0 unspecified atom stereocenters. The summed E-state index contributed by atoms with van der Waals surface area (Å²) in [5.41, 5.74) is 4.52. The summed E-state index contributed by atoms with van der Waals surface area (Å²) in [4.78, 5) is 13.2. The normalized spacial score (nSPS) is 10.7. The van der Waals surface area contributed by atoms with E-state index in [0.29, 0.717) is 11.6 Å². The topological polar surface area (TPSA) is 81.6 Å². The molecule has 2 rings (SSSR count). The van der Waals surface area contributed by atoms with E-state index in [1.54, 1.807) is 6.20 Å². The van der Waals surface area contributed by atoms with Gasteiger partial charge in [-0.2, -0.15) is 0 Å². The van der Waals surface area contributed by atoms with Crippen LogP contribution in [0.3, 0.4) is 0 Å². The van der Waals surface area contributed by atoms with Crippen LogP contribution in [0.15, 0.2) is 18.6 Å². The smallest absolute Gasteiger partial charge is 0.180 e. The number of nitrogens with zero attached hydrogens (tertiary/aromatic N) is 4. The van der Waals surface area contributed by atoms with Crippen molar-refractivity contribution in [2.45, 2.75) is 39.7 Å². The molecule has 0 saturated carbocycles. The van der Waals surface area contributed by atoms with Crippen molar-refractivity contribution in [2.75, 3.05) is 5.43 Å². The van der Waals surface area contributed by atoms with Crippen LogP contribution in [0, 0.1) is 0 Å². The molecule has 2 aromatic heterocycles. The standard InChI is InChI=1S/C13H20N6/c1-3-5-10-7-12(18-14)17-13(16-10)11-8-15-9-19(11)6-4-2/h7-9H,3-6,14H2,1-2H3,(H,16,17,18). The Bertz CT molecular complexity index is 534. The highest BCUT2D eigenvalue weighted by molar-refractivity contribution is 5.52. The van der Waals surface area contributed by atoms with E-state index in [1.807, 2.05) is 12.4 Å². The second kappa shape index (κ2) is 6.29. The highest BCUT2D eigenvalue weighted by Gasteiger charge is 2.10. The Hall–Kier alpha value is -1.95. The lowest BCUT2D eigenvalue weighted by Crippen LogP contribution is -2.11. The molecule has 0 radical (unpaired) electrons. The van der Waals surface area contributed by atoms with Crippen molar-refractivity contribution in [3.63, 3.8) is 0 Å². The molecule has 0 amide bonds. The predicted molar refractivity (Wildman–Crippen MR) is 75.3 cm³/mol.